The zero-order valence-corrected chi connectivity index (χ0v) is 14.0. The molecule has 3 aromatic rings. The number of hydrogen-bond donors (Lipinski definition) is 1. The van der Waals surface area contributed by atoms with Crippen molar-refractivity contribution >= 4 is 22.5 Å². The summed E-state index contributed by atoms with van der Waals surface area (Å²) in [5, 5.41) is 0.281. The molecule has 2 aromatic carbocycles. The van der Waals surface area contributed by atoms with E-state index in [1.54, 1.807) is 24.3 Å². The van der Waals surface area contributed by atoms with Gasteiger partial charge in [0.1, 0.15) is 11.4 Å². The summed E-state index contributed by atoms with van der Waals surface area (Å²) in [6.45, 7) is 0. The standard InChI is InChI=1S/C19H17F3N2O2/c1-26-16-5-3-2-4-12(16)6-9-18(25)24-15-8-7-14(23)10-13(15)11-17(24)19(20,21)22/h2-5,7-8,10-11H,6,9,23H2,1H3. The van der Waals surface area contributed by atoms with Gasteiger partial charge in [-0.15, -0.1) is 0 Å². The van der Waals surface area contributed by atoms with Gasteiger partial charge in [0.2, 0.25) is 5.91 Å². The number of alkyl halides is 3. The molecule has 0 aliphatic carbocycles. The molecule has 4 nitrogen and oxygen atoms in total. The van der Waals surface area contributed by atoms with Crippen LogP contribution in [0.5, 0.6) is 5.75 Å². The van der Waals surface area contributed by atoms with Gasteiger partial charge < -0.3 is 10.5 Å². The topological polar surface area (TPSA) is 57.2 Å². The Labute approximate surface area is 148 Å². The summed E-state index contributed by atoms with van der Waals surface area (Å²) in [6, 6.07) is 12.4. The number of nitrogen functional groups attached to an aromatic ring is 1. The van der Waals surface area contributed by atoms with Crippen LogP contribution in [0.1, 0.15) is 22.5 Å². The van der Waals surface area contributed by atoms with Crippen molar-refractivity contribution in [2.75, 3.05) is 12.8 Å². The van der Waals surface area contributed by atoms with Gasteiger partial charge in [-0.2, -0.15) is 13.2 Å². The molecule has 0 amide bonds. The van der Waals surface area contributed by atoms with Crippen molar-refractivity contribution in [1.29, 1.82) is 0 Å². The molecule has 1 heterocycles. The SMILES string of the molecule is COc1ccccc1CCC(=O)n1c(C(F)(F)F)cc2cc(N)ccc21. The van der Waals surface area contributed by atoms with Crippen LogP contribution in [0.2, 0.25) is 0 Å². The van der Waals surface area contributed by atoms with Crippen molar-refractivity contribution in [1.82, 2.24) is 4.57 Å². The number of halogens is 3. The van der Waals surface area contributed by atoms with Crippen LogP contribution in [0.4, 0.5) is 18.9 Å². The molecule has 0 aliphatic heterocycles. The van der Waals surface area contributed by atoms with Crippen molar-refractivity contribution in [3.8, 4) is 5.75 Å². The van der Waals surface area contributed by atoms with E-state index in [2.05, 4.69) is 0 Å². The Morgan fingerprint density at radius 3 is 2.58 bits per heavy atom. The van der Waals surface area contributed by atoms with Crippen molar-refractivity contribution in [2.45, 2.75) is 19.0 Å². The molecule has 7 heteroatoms. The number of aromatic nitrogens is 1. The quantitative estimate of drug-likeness (QED) is 0.694. The van der Waals surface area contributed by atoms with E-state index in [0.717, 1.165) is 16.2 Å². The Morgan fingerprint density at radius 1 is 1.15 bits per heavy atom. The molecule has 0 saturated carbocycles. The fourth-order valence-electron chi connectivity index (χ4n) is 2.97. The van der Waals surface area contributed by atoms with Gasteiger partial charge in [0.05, 0.1) is 12.6 Å². The third kappa shape index (κ3) is 3.37. The van der Waals surface area contributed by atoms with E-state index in [9.17, 15) is 18.0 Å². The van der Waals surface area contributed by atoms with Crippen LogP contribution in [-0.2, 0) is 12.6 Å². The maximum absolute atomic E-state index is 13.4. The minimum atomic E-state index is -4.64. The molecule has 2 N–H and O–H groups in total. The number of aryl methyl sites for hydroxylation is 1. The second-order valence-electron chi connectivity index (χ2n) is 5.89. The molecule has 3 rings (SSSR count). The van der Waals surface area contributed by atoms with Crippen LogP contribution in [0.15, 0.2) is 48.5 Å². The van der Waals surface area contributed by atoms with Crippen LogP contribution in [0, 0.1) is 0 Å². The molecule has 0 aliphatic rings. The first kappa shape index (κ1) is 17.8. The highest BCUT2D eigenvalue weighted by molar-refractivity contribution is 5.95. The summed E-state index contributed by atoms with van der Waals surface area (Å²) in [4.78, 5) is 12.6. The second-order valence-corrected chi connectivity index (χ2v) is 5.89. The van der Waals surface area contributed by atoms with Gasteiger partial charge >= 0.3 is 6.18 Å². The zero-order valence-electron chi connectivity index (χ0n) is 14.0. The van der Waals surface area contributed by atoms with Crippen LogP contribution >= 0.6 is 0 Å². The Hall–Kier alpha value is -2.96. The molecular formula is C19H17F3N2O2. The molecule has 1 aromatic heterocycles. The number of benzene rings is 2. The highest BCUT2D eigenvalue weighted by Gasteiger charge is 2.37. The number of nitrogens with zero attached hydrogens (tertiary/aromatic N) is 1. The summed E-state index contributed by atoms with van der Waals surface area (Å²) in [6.07, 6.45) is -4.46. The molecule has 136 valence electrons. The average molecular weight is 362 g/mol. The number of rotatable bonds is 4. The van der Waals surface area contributed by atoms with Gasteiger partial charge in [-0.1, -0.05) is 18.2 Å². The van der Waals surface area contributed by atoms with Gasteiger partial charge in [-0.25, -0.2) is 0 Å². The van der Waals surface area contributed by atoms with E-state index in [1.165, 1.54) is 25.3 Å². The van der Waals surface area contributed by atoms with Crippen LogP contribution < -0.4 is 10.5 Å². The first-order valence-electron chi connectivity index (χ1n) is 7.94. The smallest absolute Gasteiger partial charge is 0.431 e. The molecule has 0 bridgehead atoms. The van der Waals surface area contributed by atoms with Crippen LogP contribution in [-0.4, -0.2) is 17.6 Å². The number of anilines is 1. The van der Waals surface area contributed by atoms with Gasteiger partial charge in [0.25, 0.3) is 0 Å². The van der Waals surface area contributed by atoms with Crippen LogP contribution in [0.25, 0.3) is 10.9 Å². The number of para-hydroxylation sites is 1. The zero-order chi connectivity index (χ0) is 18.9. The largest absolute Gasteiger partial charge is 0.496 e. The second kappa shape index (κ2) is 6.74. The molecular weight excluding hydrogens is 345 g/mol. The highest BCUT2D eigenvalue weighted by Crippen LogP contribution is 2.35. The first-order chi connectivity index (χ1) is 12.3. The van der Waals surface area contributed by atoms with E-state index >= 15 is 0 Å². The van der Waals surface area contributed by atoms with Crippen molar-refractivity contribution < 1.29 is 22.7 Å². The lowest BCUT2D eigenvalue weighted by Crippen LogP contribution is -2.20. The number of carbonyl (C=O) groups excluding carboxylic acids is 1. The van der Waals surface area contributed by atoms with Crippen molar-refractivity contribution in [3.05, 3.63) is 59.8 Å². The third-order valence-electron chi connectivity index (χ3n) is 4.17. The van der Waals surface area contributed by atoms with E-state index in [1.807, 2.05) is 0 Å². The minimum Gasteiger partial charge on any atom is -0.496 e. The summed E-state index contributed by atoms with van der Waals surface area (Å²) < 4.78 is 46.2. The maximum Gasteiger partial charge on any atom is 0.431 e. The first-order valence-corrected chi connectivity index (χ1v) is 7.94. The maximum atomic E-state index is 13.4. The lowest BCUT2D eigenvalue weighted by Gasteiger charge is -2.13. The van der Waals surface area contributed by atoms with Crippen LogP contribution in [0.3, 0.4) is 0 Å². The Kier molecular flexibility index (Phi) is 4.63. The Balaban J connectivity index is 1.97. The normalized spacial score (nSPS) is 11.7. The van der Waals surface area contributed by atoms with E-state index < -0.39 is 17.8 Å². The van der Waals surface area contributed by atoms with Gasteiger partial charge in [-0.3, -0.25) is 9.36 Å². The number of fused-ring (bicyclic) bond motifs is 1. The summed E-state index contributed by atoms with van der Waals surface area (Å²) >= 11 is 0. The molecule has 0 radical (unpaired) electrons. The lowest BCUT2D eigenvalue weighted by molar-refractivity contribution is -0.142. The number of carbonyl (C=O) groups is 1. The predicted molar refractivity (Wildman–Crippen MR) is 93.3 cm³/mol. The minimum absolute atomic E-state index is 0.0857. The third-order valence-corrected chi connectivity index (χ3v) is 4.17. The average Bonchev–Trinajstić information content (AvgIpc) is 2.98. The number of nitrogens with two attached hydrogens (primary N) is 1. The summed E-state index contributed by atoms with van der Waals surface area (Å²) in [7, 11) is 1.51. The van der Waals surface area contributed by atoms with E-state index in [4.69, 9.17) is 10.5 Å². The van der Waals surface area contributed by atoms with E-state index in [0.29, 0.717) is 11.4 Å². The number of methoxy groups -OCH3 is 1. The predicted octanol–water partition coefficient (Wildman–Crippen LogP) is 4.52. The van der Waals surface area contributed by atoms with Gasteiger partial charge in [0.15, 0.2) is 0 Å². The van der Waals surface area contributed by atoms with E-state index in [-0.39, 0.29) is 23.7 Å². The summed E-state index contributed by atoms with van der Waals surface area (Å²) in [5.74, 6) is -0.0375. The fraction of sp³-hybridized carbons (Fsp3) is 0.211. The Morgan fingerprint density at radius 2 is 1.88 bits per heavy atom. The summed E-state index contributed by atoms with van der Waals surface area (Å²) in [5.41, 5.74) is 5.94. The molecule has 0 unspecified atom stereocenters. The lowest BCUT2D eigenvalue weighted by atomic mass is 10.1. The fourth-order valence-corrected chi connectivity index (χ4v) is 2.97. The molecule has 0 atom stereocenters. The molecule has 26 heavy (non-hydrogen) atoms. The highest BCUT2D eigenvalue weighted by atomic mass is 19.4. The van der Waals surface area contributed by atoms with Gasteiger partial charge in [0, 0.05) is 17.5 Å². The Bertz CT molecular complexity index is 961. The van der Waals surface area contributed by atoms with Crippen molar-refractivity contribution in [2.24, 2.45) is 0 Å². The van der Waals surface area contributed by atoms with Crippen molar-refractivity contribution in [3.63, 3.8) is 0 Å². The molecule has 0 saturated heterocycles. The monoisotopic (exact) mass is 362 g/mol. The molecule has 0 fully saturated rings. The number of hydrogen-bond acceptors (Lipinski definition) is 3. The molecule has 0 spiro atoms. The van der Waals surface area contributed by atoms with Gasteiger partial charge in [-0.05, 0) is 42.3 Å². The number of ether oxygens (including phenoxy) is 1.